The van der Waals surface area contributed by atoms with Crippen molar-refractivity contribution in [3.8, 4) is 5.75 Å². The second-order valence-electron chi connectivity index (χ2n) is 5.02. The molecule has 1 aromatic rings. The number of hydrogen-bond donors (Lipinski definition) is 1. The van der Waals surface area contributed by atoms with Crippen molar-refractivity contribution in [2.45, 2.75) is 31.7 Å². The van der Waals surface area contributed by atoms with Crippen LogP contribution in [0.5, 0.6) is 5.75 Å². The van der Waals surface area contributed by atoms with Crippen LogP contribution in [0.25, 0.3) is 0 Å². The fourth-order valence-corrected chi connectivity index (χ4v) is 2.82. The molecule has 0 saturated carbocycles. The fraction of sp³-hybridized carbons (Fsp3) is 0.467. The SMILES string of the molecule is CC[C@H](C(N)=O)N1CC(c2ccccc2OC)CC1=O. The van der Waals surface area contributed by atoms with Gasteiger partial charge in [-0.15, -0.1) is 0 Å². The Balaban J connectivity index is 2.22. The monoisotopic (exact) mass is 276 g/mol. The summed E-state index contributed by atoms with van der Waals surface area (Å²) in [6.07, 6.45) is 0.934. The minimum Gasteiger partial charge on any atom is -0.496 e. The number of para-hydroxylation sites is 1. The van der Waals surface area contributed by atoms with Crippen LogP contribution in [0, 0.1) is 0 Å². The number of carbonyl (C=O) groups is 2. The first-order valence-electron chi connectivity index (χ1n) is 6.80. The van der Waals surface area contributed by atoms with E-state index in [1.165, 1.54) is 0 Å². The number of carbonyl (C=O) groups excluding carboxylic acids is 2. The van der Waals surface area contributed by atoms with Crippen molar-refractivity contribution in [1.29, 1.82) is 0 Å². The number of methoxy groups -OCH3 is 1. The van der Waals surface area contributed by atoms with Gasteiger partial charge in [0.15, 0.2) is 0 Å². The third-order valence-electron chi connectivity index (χ3n) is 3.83. The lowest BCUT2D eigenvalue weighted by Gasteiger charge is -2.24. The van der Waals surface area contributed by atoms with Crippen molar-refractivity contribution in [2.24, 2.45) is 5.73 Å². The molecular weight excluding hydrogens is 256 g/mol. The highest BCUT2D eigenvalue weighted by Gasteiger charge is 2.37. The predicted molar refractivity (Wildman–Crippen MR) is 75.3 cm³/mol. The van der Waals surface area contributed by atoms with Crippen LogP contribution in [0.1, 0.15) is 31.2 Å². The molecule has 1 unspecified atom stereocenters. The first-order valence-corrected chi connectivity index (χ1v) is 6.80. The molecule has 0 spiro atoms. The minimum absolute atomic E-state index is 0.0217. The molecule has 2 amide bonds. The lowest BCUT2D eigenvalue weighted by Crippen LogP contribution is -2.45. The lowest BCUT2D eigenvalue weighted by atomic mass is 9.97. The van der Waals surface area contributed by atoms with Gasteiger partial charge in [-0.1, -0.05) is 25.1 Å². The molecular formula is C15H20N2O3. The van der Waals surface area contributed by atoms with Gasteiger partial charge in [-0.05, 0) is 18.1 Å². The molecule has 5 nitrogen and oxygen atoms in total. The highest BCUT2D eigenvalue weighted by molar-refractivity contribution is 5.88. The molecule has 1 aromatic carbocycles. The first kappa shape index (κ1) is 14.4. The molecule has 5 heteroatoms. The first-order chi connectivity index (χ1) is 9.58. The van der Waals surface area contributed by atoms with Crippen molar-refractivity contribution in [1.82, 2.24) is 4.90 Å². The quantitative estimate of drug-likeness (QED) is 0.880. The zero-order valence-corrected chi connectivity index (χ0v) is 11.8. The fourth-order valence-electron chi connectivity index (χ4n) is 2.82. The van der Waals surface area contributed by atoms with Crippen LogP contribution in [-0.2, 0) is 9.59 Å². The second kappa shape index (κ2) is 5.94. The summed E-state index contributed by atoms with van der Waals surface area (Å²) >= 11 is 0. The maximum absolute atomic E-state index is 12.1. The maximum Gasteiger partial charge on any atom is 0.240 e. The van der Waals surface area contributed by atoms with Crippen LogP contribution in [0.4, 0.5) is 0 Å². The van der Waals surface area contributed by atoms with Gasteiger partial charge >= 0.3 is 0 Å². The van der Waals surface area contributed by atoms with Gasteiger partial charge in [0.1, 0.15) is 11.8 Å². The third-order valence-corrected chi connectivity index (χ3v) is 3.83. The molecule has 2 rings (SSSR count). The van der Waals surface area contributed by atoms with E-state index in [1.807, 2.05) is 31.2 Å². The highest BCUT2D eigenvalue weighted by Crippen LogP contribution is 2.35. The number of rotatable bonds is 5. The summed E-state index contributed by atoms with van der Waals surface area (Å²) in [4.78, 5) is 25.2. The lowest BCUT2D eigenvalue weighted by molar-refractivity contribution is -0.136. The Morgan fingerprint density at radius 3 is 2.80 bits per heavy atom. The van der Waals surface area contributed by atoms with Crippen LogP contribution >= 0.6 is 0 Å². The normalized spacial score (nSPS) is 20.0. The Bertz CT molecular complexity index is 516. The molecule has 0 radical (unpaired) electrons. The smallest absolute Gasteiger partial charge is 0.240 e. The maximum atomic E-state index is 12.1. The van der Waals surface area contributed by atoms with Gasteiger partial charge < -0.3 is 15.4 Å². The van der Waals surface area contributed by atoms with Gasteiger partial charge in [0.25, 0.3) is 0 Å². The van der Waals surface area contributed by atoms with Gasteiger partial charge in [-0.3, -0.25) is 9.59 Å². The number of nitrogens with two attached hydrogens (primary N) is 1. The van der Waals surface area contributed by atoms with Crippen molar-refractivity contribution < 1.29 is 14.3 Å². The standard InChI is InChI=1S/C15H20N2O3/c1-3-12(15(16)19)17-9-10(8-14(17)18)11-6-4-5-7-13(11)20-2/h4-7,10,12H,3,8-9H2,1-2H3,(H2,16,19)/t10?,12-/m1/s1. The number of nitrogens with zero attached hydrogens (tertiary/aromatic N) is 1. The van der Waals surface area contributed by atoms with E-state index in [9.17, 15) is 9.59 Å². The summed E-state index contributed by atoms with van der Waals surface area (Å²) < 4.78 is 5.34. The van der Waals surface area contributed by atoms with E-state index in [1.54, 1.807) is 12.0 Å². The zero-order chi connectivity index (χ0) is 14.7. The largest absolute Gasteiger partial charge is 0.496 e. The Morgan fingerprint density at radius 1 is 1.50 bits per heavy atom. The van der Waals surface area contributed by atoms with Crippen molar-refractivity contribution >= 4 is 11.8 Å². The number of likely N-dealkylation sites (tertiary alicyclic amines) is 1. The average molecular weight is 276 g/mol. The van der Waals surface area contributed by atoms with Gasteiger partial charge in [0, 0.05) is 18.9 Å². The van der Waals surface area contributed by atoms with Crippen LogP contribution in [0.15, 0.2) is 24.3 Å². The molecule has 2 N–H and O–H groups in total. The molecule has 1 aliphatic rings. The number of primary amides is 1. The summed E-state index contributed by atoms with van der Waals surface area (Å²) in [6.45, 7) is 2.37. The highest BCUT2D eigenvalue weighted by atomic mass is 16.5. The van der Waals surface area contributed by atoms with Crippen molar-refractivity contribution in [2.75, 3.05) is 13.7 Å². The van der Waals surface area contributed by atoms with Gasteiger partial charge in [-0.2, -0.15) is 0 Å². The summed E-state index contributed by atoms with van der Waals surface area (Å²) in [5.41, 5.74) is 6.38. The molecule has 0 bridgehead atoms. The van der Waals surface area contributed by atoms with E-state index >= 15 is 0 Å². The predicted octanol–water partition coefficient (Wildman–Crippen LogP) is 1.27. The van der Waals surface area contributed by atoms with E-state index in [2.05, 4.69) is 0 Å². The summed E-state index contributed by atoms with van der Waals surface area (Å²) in [6, 6.07) is 7.16. The number of ether oxygens (including phenoxy) is 1. The van der Waals surface area contributed by atoms with Crippen LogP contribution in [0.2, 0.25) is 0 Å². The molecule has 1 heterocycles. The van der Waals surface area contributed by atoms with E-state index in [4.69, 9.17) is 10.5 Å². The molecule has 1 saturated heterocycles. The van der Waals surface area contributed by atoms with Crippen LogP contribution in [-0.4, -0.2) is 36.4 Å². The molecule has 20 heavy (non-hydrogen) atoms. The molecule has 1 aliphatic heterocycles. The second-order valence-corrected chi connectivity index (χ2v) is 5.02. The third kappa shape index (κ3) is 2.61. The number of benzene rings is 1. The topological polar surface area (TPSA) is 72.6 Å². The van der Waals surface area contributed by atoms with E-state index in [0.717, 1.165) is 11.3 Å². The van der Waals surface area contributed by atoms with Gasteiger partial charge in [0.2, 0.25) is 11.8 Å². The molecule has 1 fully saturated rings. The van der Waals surface area contributed by atoms with Crippen molar-refractivity contribution in [3.05, 3.63) is 29.8 Å². The Morgan fingerprint density at radius 2 is 2.20 bits per heavy atom. The minimum atomic E-state index is -0.512. The Labute approximate surface area is 118 Å². The van der Waals surface area contributed by atoms with Gasteiger partial charge in [0.05, 0.1) is 7.11 Å². The summed E-state index contributed by atoms with van der Waals surface area (Å²) in [7, 11) is 1.62. The van der Waals surface area contributed by atoms with E-state index in [-0.39, 0.29) is 11.8 Å². The zero-order valence-electron chi connectivity index (χ0n) is 11.8. The summed E-state index contributed by atoms with van der Waals surface area (Å²) in [5, 5.41) is 0. The van der Waals surface area contributed by atoms with Crippen molar-refractivity contribution in [3.63, 3.8) is 0 Å². The van der Waals surface area contributed by atoms with Crippen LogP contribution in [0.3, 0.4) is 0 Å². The number of amides is 2. The number of hydrogen-bond acceptors (Lipinski definition) is 3. The molecule has 0 aliphatic carbocycles. The molecule has 2 atom stereocenters. The average Bonchev–Trinajstić information content (AvgIpc) is 2.81. The molecule has 0 aromatic heterocycles. The van der Waals surface area contributed by atoms with Gasteiger partial charge in [-0.25, -0.2) is 0 Å². The Hall–Kier alpha value is -2.04. The summed E-state index contributed by atoms with van der Waals surface area (Å²) in [5.74, 6) is 0.361. The Kier molecular flexibility index (Phi) is 4.27. The molecule has 108 valence electrons. The van der Waals surface area contributed by atoms with E-state index in [0.29, 0.717) is 19.4 Å². The van der Waals surface area contributed by atoms with Crippen LogP contribution < -0.4 is 10.5 Å². The van der Waals surface area contributed by atoms with E-state index < -0.39 is 11.9 Å².